The van der Waals surface area contributed by atoms with Gasteiger partial charge in [0.25, 0.3) is 7.82 Å². The summed E-state index contributed by atoms with van der Waals surface area (Å²) in [5.74, 6) is -0.868. The van der Waals surface area contributed by atoms with Gasteiger partial charge in [0, 0.05) is 12.8 Å². The van der Waals surface area contributed by atoms with Crippen molar-refractivity contribution in [2.75, 3.05) is 47.5 Å². The molecule has 0 aliphatic carbocycles. The second kappa shape index (κ2) is 55.0. The molecule has 2 unspecified atom stereocenters. The van der Waals surface area contributed by atoms with Crippen LogP contribution in [-0.4, -0.2) is 70.0 Å². The molecule has 0 aromatic heterocycles. The molecule has 0 aliphatic rings. The Kier molecular flexibility index (Phi) is 52.9. The second-order valence-corrected chi connectivity index (χ2v) is 22.7. The van der Waals surface area contributed by atoms with Crippen molar-refractivity contribution in [3.8, 4) is 0 Å². The maximum absolute atomic E-state index is 12.8. The Labute approximate surface area is 456 Å². The number of ether oxygens (including phenoxy) is 2. The molecule has 428 valence electrons. The Morgan fingerprint density at radius 2 is 0.770 bits per heavy atom. The highest BCUT2D eigenvalue weighted by Gasteiger charge is 2.22. The standard InChI is InChI=1S/C64H114NO8P/c1-6-8-10-12-14-16-18-20-22-24-26-27-28-29-30-31-32-33-34-35-36-37-39-40-42-44-46-48-50-52-54-56-63(66)70-60-62(61-72-74(68,69)71-59-58-65(3,4)5)73-64(67)57-55-53-51-49-47-45-43-41-38-25-23-21-19-17-15-13-11-9-7-2/h9,11,15,17-18,20-21,23-24,26,38,41,45,47,62H,6-8,10,12-14,16,19,22,25,27-37,39-40,42-44,46,48-61H2,1-5H3/b11-9-,17-15-,20-18-,23-21-,26-24-,41-38-,47-45-. The van der Waals surface area contributed by atoms with E-state index in [2.05, 4.69) is 98.9 Å². The summed E-state index contributed by atoms with van der Waals surface area (Å²) in [6.45, 7) is 4.09. The lowest BCUT2D eigenvalue weighted by atomic mass is 10.0. The third-order valence-electron chi connectivity index (χ3n) is 12.9. The maximum Gasteiger partial charge on any atom is 0.306 e. The second-order valence-electron chi connectivity index (χ2n) is 21.3. The first-order valence-corrected chi connectivity index (χ1v) is 31.8. The molecule has 0 aromatic rings. The van der Waals surface area contributed by atoms with Crippen LogP contribution in [0, 0.1) is 0 Å². The average molecular weight is 1060 g/mol. The fourth-order valence-corrected chi connectivity index (χ4v) is 8.97. The Hall–Kier alpha value is -2.81. The molecule has 0 spiro atoms. The first-order chi connectivity index (χ1) is 36.0. The lowest BCUT2D eigenvalue weighted by Crippen LogP contribution is -2.37. The van der Waals surface area contributed by atoms with E-state index < -0.39 is 32.5 Å². The molecule has 9 nitrogen and oxygen atoms in total. The van der Waals surface area contributed by atoms with E-state index in [0.717, 1.165) is 77.0 Å². The van der Waals surface area contributed by atoms with Crippen molar-refractivity contribution in [1.29, 1.82) is 0 Å². The molecule has 0 saturated carbocycles. The van der Waals surface area contributed by atoms with Crippen LogP contribution in [0.5, 0.6) is 0 Å². The van der Waals surface area contributed by atoms with Crippen LogP contribution in [-0.2, 0) is 32.7 Å². The van der Waals surface area contributed by atoms with Crippen molar-refractivity contribution in [1.82, 2.24) is 0 Å². The number of likely N-dealkylation sites (N-methyl/N-ethyl adjacent to an activating group) is 1. The smallest absolute Gasteiger partial charge is 0.306 e. The Morgan fingerprint density at radius 3 is 1.16 bits per heavy atom. The van der Waals surface area contributed by atoms with Crippen LogP contribution in [0.4, 0.5) is 0 Å². The van der Waals surface area contributed by atoms with E-state index in [4.69, 9.17) is 18.5 Å². The molecular formula is C64H114NO8P. The van der Waals surface area contributed by atoms with Crippen molar-refractivity contribution in [3.05, 3.63) is 85.1 Å². The zero-order chi connectivity index (χ0) is 54.2. The number of unbranched alkanes of at least 4 members (excludes halogenated alkanes) is 27. The SMILES string of the molecule is CC/C=C\C/C=C\C/C=C\C/C=C\C/C=C\CCCCCC(=O)OC(COC(=O)CCCCCCCCCCCCCCCCCCCCC/C=C\C/C=C\CCCCCCC)COP(=O)([O-])OCC[N+](C)(C)C. The van der Waals surface area contributed by atoms with Crippen molar-refractivity contribution in [3.63, 3.8) is 0 Å². The molecule has 10 heteroatoms. The molecular weight excluding hydrogens is 942 g/mol. The van der Waals surface area contributed by atoms with Gasteiger partial charge in [0.1, 0.15) is 19.8 Å². The van der Waals surface area contributed by atoms with Crippen LogP contribution in [0.1, 0.15) is 258 Å². The molecule has 0 amide bonds. The van der Waals surface area contributed by atoms with E-state index in [0.29, 0.717) is 17.4 Å². The van der Waals surface area contributed by atoms with E-state index in [1.807, 2.05) is 21.1 Å². The summed E-state index contributed by atoms with van der Waals surface area (Å²) < 4.78 is 34.1. The van der Waals surface area contributed by atoms with E-state index in [-0.39, 0.29) is 26.1 Å². The monoisotopic (exact) mass is 1060 g/mol. The minimum Gasteiger partial charge on any atom is -0.756 e. The molecule has 0 fully saturated rings. The fourth-order valence-electron chi connectivity index (χ4n) is 8.24. The molecule has 0 N–H and O–H groups in total. The van der Waals surface area contributed by atoms with Crippen LogP contribution < -0.4 is 4.89 Å². The van der Waals surface area contributed by atoms with E-state index in [1.54, 1.807) is 0 Å². The largest absolute Gasteiger partial charge is 0.756 e. The number of phosphoric ester groups is 1. The zero-order valence-corrected chi connectivity index (χ0v) is 49.4. The number of phosphoric acid groups is 1. The predicted octanol–water partition coefficient (Wildman–Crippen LogP) is 18.4. The molecule has 0 aliphatic heterocycles. The van der Waals surface area contributed by atoms with E-state index in [9.17, 15) is 19.0 Å². The van der Waals surface area contributed by atoms with Gasteiger partial charge in [-0.25, -0.2) is 0 Å². The van der Waals surface area contributed by atoms with Gasteiger partial charge in [-0.1, -0.05) is 240 Å². The van der Waals surface area contributed by atoms with Gasteiger partial charge in [0.15, 0.2) is 6.10 Å². The van der Waals surface area contributed by atoms with E-state index >= 15 is 0 Å². The van der Waals surface area contributed by atoms with Crippen molar-refractivity contribution in [2.24, 2.45) is 0 Å². The van der Waals surface area contributed by atoms with Gasteiger partial charge in [-0.2, -0.15) is 0 Å². The molecule has 0 aromatic carbocycles. The molecule has 0 saturated heterocycles. The van der Waals surface area contributed by atoms with Gasteiger partial charge in [-0.15, -0.1) is 0 Å². The van der Waals surface area contributed by atoms with E-state index in [1.165, 1.54) is 148 Å². The number of carbonyl (C=O) groups is 2. The first-order valence-electron chi connectivity index (χ1n) is 30.3. The van der Waals surface area contributed by atoms with Crippen LogP contribution in [0.25, 0.3) is 0 Å². The third-order valence-corrected chi connectivity index (χ3v) is 13.9. The van der Waals surface area contributed by atoms with Gasteiger partial charge in [0.2, 0.25) is 0 Å². The molecule has 0 radical (unpaired) electrons. The van der Waals surface area contributed by atoms with Gasteiger partial charge < -0.3 is 27.9 Å². The number of hydrogen-bond donors (Lipinski definition) is 0. The highest BCUT2D eigenvalue weighted by molar-refractivity contribution is 7.45. The number of allylic oxidation sites excluding steroid dienone is 14. The summed E-state index contributed by atoms with van der Waals surface area (Å²) in [6, 6.07) is 0. The van der Waals surface area contributed by atoms with Crippen molar-refractivity contribution in [2.45, 2.75) is 264 Å². The summed E-state index contributed by atoms with van der Waals surface area (Å²) in [5.41, 5.74) is 0. The topological polar surface area (TPSA) is 111 Å². The normalized spacial score (nSPS) is 13.9. The predicted molar refractivity (Wildman–Crippen MR) is 314 cm³/mol. The Bertz CT molecular complexity index is 1520. The van der Waals surface area contributed by atoms with Gasteiger partial charge in [-0.3, -0.25) is 14.2 Å². The summed E-state index contributed by atoms with van der Waals surface area (Å²) >= 11 is 0. The van der Waals surface area contributed by atoms with Crippen LogP contribution in [0.2, 0.25) is 0 Å². The summed E-state index contributed by atoms with van der Waals surface area (Å²) in [7, 11) is 1.14. The molecule has 0 bridgehead atoms. The lowest BCUT2D eigenvalue weighted by molar-refractivity contribution is -0.870. The minimum absolute atomic E-state index is 0.0405. The highest BCUT2D eigenvalue weighted by Crippen LogP contribution is 2.38. The van der Waals surface area contributed by atoms with Gasteiger partial charge in [0.05, 0.1) is 27.7 Å². The van der Waals surface area contributed by atoms with Crippen molar-refractivity contribution < 1.29 is 42.1 Å². The number of rotatable bonds is 55. The molecule has 74 heavy (non-hydrogen) atoms. The number of esters is 2. The van der Waals surface area contributed by atoms with Crippen LogP contribution >= 0.6 is 7.82 Å². The number of hydrogen-bond acceptors (Lipinski definition) is 8. The summed E-state index contributed by atoms with van der Waals surface area (Å²) in [4.78, 5) is 37.9. The average Bonchev–Trinajstić information content (AvgIpc) is 3.36. The fraction of sp³-hybridized carbons (Fsp3) is 0.750. The van der Waals surface area contributed by atoms with Crippen LogP contribution in [0.15, 0.2) is 85.1 Å². The minimum atomic E-state index is -4.65. The first kappa shape index (κ1) is 71.2. The lowest BCUT2D eigenvalue weighted by Gasteiger charge is -2.28. The highest BCUT2D eigenvalue weighted by atomic mass is 31.2. The summed E-state index contributed by atoms with van der Waals surface area (Å²) in [6.07, 6.45) is 73.6. The number of carbonyl (C=O) groups excluding carboxylic acids is 2. The zero-order valence-electron chi connectivity index (χ0n) is 48.5. The Balaban J connectivity index is 4.10. The molecule has 2 atom stereocenters. The van der Waals surface area contributed by atoms with Gasteiger partial charge in [-0.05, 0) is 89.9 Å². The molecule has 0 rings (SSSR count). The van der Waals surface area contributed by atoms with Gasteiger partial charge >= 0.3 is 11.9 Å². The number of quaternary nitrogens is 1. The van der Waals surface area contributed by atoms with Crippen molar-refractivity contribution >= 4 is 19.8 Å². The maximum atomic E-state index is 12.8. The quantitative estimate of drug-likeness (QED) is 0.0195. The summed E-state index contributed by atoms with van der Waals surface area (Å²) in [5, 5.41) is 0. The number of nitrogens with zero attached hydrogens (tertiary/aromatic N) is 1. The molecule has 0 heterocycles. The Morgan fingerprint density at radius 1 is 0.432 bits per heavy atom. The van der Waals surface area contributed by atoms with Crippen LogP contribution in [0.3, 0.4) is 0 Å². The third kappa shape index (κ3) is 58.5.